The summed E-state index contributed by atoms with van der Waals surface area (Å²) in [6, 6.07) is 7.49. The van der Waals surface area contributed by atoms with Crippen molar-refractivity contribution >= 4 is 40.1 Å². The van der Waals surface area contributed by atoms with Gasteiger partial charge in [-0.25, -0.2) is 0 Å². The SMILES string of the molecule is O=C1N=C(Nc2ccccc2Cl)SC1C1CCCC1. The number of aliphatic imine (C=N–C) groups is 1. The van der Waals surface area contributed by atoms with Gasteiger partial charge in [-0.2, -0.15) is 4.99 Å². The van der Waals surface area contributed by atoms with Gasteiger partial charge in [-0.15, -0.1) is 0 Å². The van der Waals surface area contributed by atoms with Gasteiger partial charge in [0, 0.05) is 0 Å². The summed E-state index contributed by atoms with van der Waals surface area (Å²) in [6.07, 6.45) is 4.78. The van der Waals surface area contributed by atoms with E-state index in [4.69, 9.17) is 11.6 Å². The van der Waals surface area contributed by atoms with Crippen molar-refractivity contribution in [2.45, 2.75) is 30.9 Å². The van der Waals surface area contributed by atoms with Crippen molar-refractivity contribution in [2.75, 3.05) is 5.32 Å². The van der Waals surface area contributed by atoms with Gasteiger partial charge in [0.1, 0.15) is 0 Å². The number of amides is 1. The maximum Gasteiger partial charge on any atom is 0.261 e. The fourth-order valence-electron chi connectivity index (χ4n) is 2.65. The van der Waals surface area contributed by atoms with Crippen molar-refractivity contribution in [3.63, 3.8) is 0 Å². The molecule has 1 atom stereocenters. The summed E-state index contributed by atoms with van der Waals surface area (Å²) in [5.74, 6) is 0.498. The van der Waals surface area contributed by atoms with E-state index < -0.39 is 0 Å². The molecular weight excluding hydrogens is 280 g/mol. The van der Waals surface area contributed by atoms with E-state index in [1.54, 1.807) is 11.8 Å². The number of anilines is 1. The summed E-state index contributed by atoms with van der Waals surface area (Å²) in [5, 5.41) is 4.48. The van der Waals surface area contributed by atoms with E-state index in [0.717, 1.165) is 18.5 Å². The molecule has 1 aromatic carbocycles. The molecule has 1 saturated carbocycles. The van der Waals surface area contributed by atoms with Crippen molar-refractivity contribution in [3.8, 4) is 0 Å². The van der Waals surface area contributed by atoms with Gasteiger partial charge in [0.05, 0.1) is 16.0 Å². The van der Waals surface area contributed by atoms with Gasteiger partial charge in [-0.3, -0.25) is 4.79 Å². The second-order valence-corrected chi connectivity index (χ2v) is 6.48. The van der Waals surface area contributed by atoms with Crippen molar-refractivity contribution < 1.29 is 4.79 Å². The van der Waals surface area contributed by atoms with E-state index in [1.165, 1.54) is 12.8 Å². The Balaban J connectivity index is 1.69. The quantitative estimate of drug-likeness (QED) is 0.898. The van der Waals surface area contributed by atoms with Gasteiger partial charge < -0.3 is 5.32 Å². The van der Waals surface area contributed by atoms with Crippen LogP contribution >= 0.6 is 23.4 Å². The monoisotopic (exact) mass is 294 g/mol. The van der Waals surface area contributed by atoms with E-state index in [9.17, 15) is 4.79 Å². The zero-order valence-corrected chi connectivity index (χ0v) is 12.0. The summed E-state index contributed by atoms with van der Waals surface area (Å²) in [7, 11) is 0. The smallest absolute Gasteiger partial charge is 0.261 e. The number of rotatable bonds is 2. The Bertz CT molecular complexity index is 526. The van der Waals surface area contributed by atoms with Gasteiger partial charge in [-0.1, -0.05) is 48.3 Å². The lowest BCUT2D eigenvalue weighted by molar-refractivity contribution is -0.117. The van der Waals surface area contributed by atoms with Crippen LogP contribution in [-0.2, 0) is 4.79 Å². The topological polar surface area (TPSA) is 41.5 Å². The second-order valence-electron chi connectivity index (χ2n) is 4.94. The number of carbonyl (C=O) groups is 1. The molecule has 2 aliphatic rings. The number of thioether (sulfide) groups is 1. The minimum absolute atomic E-state index is 0.00598. The Hall–Kier alpha value is -1.000. The molecule has 0 radical (unpaired) electrons. The first-order valence-electron chi connectivity index (χ1n) is 6.55. The summed E-state index contributed by atoms with van der Waals surface area (Å²) in [6.45, 7) is 0. The van der Waals surface area contributed by atoms with Crippen LogP contribution in [0.1, 0.15) is 25.7 Å². The molecule has 3 nitrogen and oxygen atoms in total. The van der Waals surface area contributed by atoms with Crippen LogP contribution in [0, 0.1) is 5.92 Å². The average Bonchev–Trinajstić information content (AvgIpc) is 3.01. The van der Waals surface area contributed by atoms with Gasteiger partial charge in [0.2, 0.25) is 0 Å². The highest BCUT2D eigenvalue weighted by Crippen LogP contribution is 2.38. The third-order valence-electron chi connectivity index (χ3n) is 3.64. The molecule has 0 aromatic heterocycles. The number of hydrogen-bond acceptors (Lipinski definition) is 3. The Morgan fingerprint density at radius 1 is 1.26 bits per heavy atom. The number of hydrogen-bond donors (Lipinski definition) is 1. The maximum absolute atomic E-state index is 12.0. The molecule has 19 heavy (non-hydrogen) atoms. The predicted octanol–water partition coefficient (Wildman–Crippen LogP) is 3.94. The first-order valence-corrected chi connectivity index (χ1v) is 7.80. The lowest BCUT2D eigenvalue weighted by atomic mass is 10.0. The third kappa shape index (κ3) is 2.79. The average molecular weight is 295 g/mol. The molecular formula is C14H15ClN2OS. The van der Waals surface area contributed by atoms with E-state index in [1.807, 2.05) is 24.3 Å². The van der Waals surface area contributed by atoms with Crippen LogP contribution in [0.5, 0.6) is 0 Å². The molecule has 3 rings (SSSR count). The molecule has 100 valence electrons. The zero-order valence-electron chi connectivity index (χ0n) is 10.4. The third-order valence-corrected chi connectivity index (χ3v) is 5.22. The molecule has 1 unspecified atom stereocenters. The summed E-state index contributed by atoms with van der Waals surface area (Å²) >= 11 is 7.64. The number of para-hydroxylation sites is 1. The Kier molecular flexibility index (Phi) is 3.80. The number of carbonyl (C=O) groups excluding carboxylic acids is 1. The number of nitrogens with one attached hydrogen (secondary N) is 1. The van der Waals surface area contributed by atoms with E-state index in [2.05, 4.69) is 10.3 Å². The first-order chi connectivity index (χ1) is 9.24. The number of halogens is 1. The highest BCUT2D eigenvalue weighted by atomic mass is 35.5. The minimum atomic E-state index is 0.00598. The molecule has 1 aromatic rings. The van der Waals surface area contributed by atoms with Gasteiger partial charge >= 0.3 is 0 Å². The van der Waals surface area contributed by atoms with Crippen LogP contribution in [0.25, 0.3) is 0 Å². The molecule has 0 saturated heterocycles. The Morgan fingerprint density at radius 3 is 2.74 bits per heavy atom. The zero-order chi connectivity index (χ0) is 13.2. The summed E-state index contributed by atoms with van der Waals surface area (Å²) in [4.78, 5) is 16.1. The Morgan fingerprint density at radius 2 is 2.00 bits per heavy atom. The van der Waals surface area contributed by atoms with Gasteiger partial charge in [0.15, 0.2) is 5.17 Å². The van der Waals surface area contributed by atoms with E-state index in [0.29, 0.717) is 16.1 Å². The lowest BCUT2D eigenvalue weighted by Crippen LogP contribution is -2.20. The molecule has 1 aliphatic heterocycles. The largest absolute Gasteiger partial charge is 0.333 e. The van der Waals surface area contributed by atoms with Crippen molar-refractivity contribution in [3.05, 3.63) is 29.3 Å². The van der Waals surface area contributed by atoms with Crippen molar-refractivity contribution in [1.82, 2.24) is 0 Å². The Labute approximate surface area is 121 Å². The molecule has 0 spiro atoms. The number of benzene rings is 1. The predicted molar refractivity (Wildman–Crippen MR) is 80.9 cm³/mol. The van der Waals surface area contributed by atoms with Gasteiger partial charge in [0.25, 0.3) is 5.91 Å². The van der Waals surface area contributed by atoms with E-state index >= 15 is 0 Å². The molecule has 1 N–H and O–H groups in total. The second kappa shape index (κ2) is 5.55. The summed E-state index contributed by atoms with van der Waals surface area (Å²) < 4.78 is 0. The fraction of sp³-hybridized carbons (Fsp3) is 0.429. The molecule has 1 fully saturated rings. The van der Waals surface area contributed by atoms with E-state index in [-0.39, 0.29) is 11.2 Å². The number of nitrogens with zero attached hydrogens (tertiary/aromatic N) is 1. The maximum atomic E-state index is 12.0. The minimum Gasteiger partial charge on any atom is -0.333 e. The highest BCUT2D eigenvalue weighted by Gasteiger charge is 2.36. The fourth-order valence-corrected chi connectivity index (χ4v) is 4.01. The van der Waals surface area contributed by atoms with Crippen LogP contribution in [0.3, 0.4) is 0 Å². The van der Waals surface area contributed by atoms with Gasteiger partial charge in [-0.05, 0) is 30.9 Å². The molecule has 1 amide bonds. The summed E-state index contributed by atoms with van der Waals surface area (Å²) in [5.41, 5.74) is 0.801. The van der Waals surface area contributed by atoms with Crippen LogP contribution in [-0.4, -0.2) is 16.3 Å². The van der Waals surface area contributed by atoms with Crippen LogP contribution in [0.4, 0.5) is 5.69 Å². The van der Waals surface area contributed by atoms with Crippen molar-refractivity contribution in [1.29, 1.82) is 0 Å². The lowest BCUT2D eigenvalue weighted by Gasteiger charge is -2.14. The van der Waals surface area contributed by atoms with Crippen LogP contribution in [0.2, 0.25) is 5.02 Å². The normalized spacial score (nSPS) is 23.7. The first kappa shape index (κ1) is 13.0. The standard InChI is InChI=1S/C14H15ClN2OS/c15-10-7-3-4-8-11(10)16-14-17-13(18)12(19-14)9-5-1-2-6-9/h3-4,7-9,12H,1-2,5-6H2,(H,16,17,18). The molecule has 1 heterocycles. The van der Waals surface area contributed by atoms with Crippen LogP contribution < -0.4 is 5.32 Å². The molecule has 1 aliphatic carbocycles. The highest BCUT2D eigenvalue weighted by molar-refractivity contribution is 8.15. The number of amidine groups is 1. The van der Waals surface area contributed by atoms with Crippen LogP contribution in [0.15, 0.2) is 29.3 Å². The molecule has 5 heteroatoms. The van der Waals surface area contributed by atoms with Crippen molar-refractivity contribution in [2.24, 2.45) is 10.9 Å². The molecule has 0 bridgehead atoms.